The monoisotopic (exact) mass is 454 g/mol. The molecule has 7 nitrogen and oxygen atoms in total. The lowest BCUT2D eigenvalue weighted by atomic mass is 10.0. The molecule has 1 aromatic carbocycles. The van der Waals surface area contributed by atoms with E-state index < -0.39 is 0 Å². The third-order valence-corrected chi connectivity index (χ3v) is 7.27. The number of aliphatic hydroxyl groups is 1. The molecule has 0 bridgehead atoms. The summed E-state index contributed by atoms with van der Waals surface area (Å²) < 4.78 is 5.88. The molecule has 4 rings (SSSR count). The molecular formula is C24H30N4O3S. The van der Waals surface area contributed by atoms with Gasteiger partial charge in [-0.25, -0.2) is 9.97 Å². The number of rotatable bonds is 7. The number of aliphatic hydroxyl groups excluding tert-OH is 1. The molecule has 1 fully saturated rings. The molecule has 0 spiro atoms. The fourth-order valence-electron chi connectivity index (χ4n) is 4.18. The topological polar surface area (TPSA) is 78.8 Å². The fraction of sp³-hybridized carbons (Fsp3) is 0.458. The lowest BCUT2D eigenvalue weighted by molar-refractivity contribution is 0.0507. The number of carbonyl (C=O) groups is 1. The van der Waals surface area contributed by atoms with Gasteiger partial charge in [0.25, 0.3) is 5.91 Å². The number of anilines is 1. The predicted octanol–water partition coefficient (Wildman–Crippen LogP) is 3.81. The van der Waals surface area contributed by atoms with Crippen molar-refractivity contribution in [2.75, 3.05) is 38.3 Å². The Morgan fingerprint density at radius 3 is 2.78 bits per heavy atom. The highest BCUT2D eigenvalue weighted by Crippen LogP contribution is 2.36. The third-order valence-electron chi connectivity index (χ3n) is 6.08. The second-order valence-electron chi connectivity index (χ2n) is 8.35. The maximum Gasteiger partial charge on any atom is 0.264 e. The number of aryl methyl sites for hydroxylation is 2. The van der Waals surface area contributed by atoms with Crippen molar-refractivity contribution in [3.8, 4) is 5.75 Å². The maximum atomic E-state index is 13.3. The molecule has 1 amide bonds. The molecular weight excluding hydrogens is 424 g/mol. The summed E-state index contributed by atoms with van der Waals surface area (Å²) in [5.41, 5.74) is 2.10. The van der Waals surface area contributed by atoms with Gasteiger partial charge in [-0.2, -0.15) is 0 Å². The summed E-state index contributed by atoms with van der Waals surface area (Å²) in [4.78, 5) is 27.7. The average molecular weight is 455 g/mol. The molecule has 32 heavy (non-hydrogen) atoms. The summed E-state index contributed by atoms with van der Waals surface area (Å²) in [5.74, 6) is 1.63. The van der Waals surface area contributed by atoms with Crippen molar-refractivity contribution < 1.29 is 14.6 Å². The van der Waals surface area contributed by atoms with Gasteiger partial charge in [-0.3, -0.25) is 4.79 Å². The molecule has 0 aliphatic carbocycles. The molecule has 0 radical (unpaired) electrons. The van der Waals surface area contributed by atoms with Crippen molar-refractivity contribution in [2.45, 2.75) is 39.2 Å². The van der Waals surface area contributed by atoms with Crippen LogP contribution in [0.1, 0.15) is 40.1 Å². The Bertz CT molecular complexity index is 1080. The van der Waals surface area contributed by atoms with E-state index in [1.54, 1.807) is 6.33 Å². The van der Waals surface area contributed by atoms with Crippen LogP contribution >= 0.6 is 11.3 Å². The Hall–Kier alpha value is -2.71. The first-order valence-electron chi connectivity index (χ1n) is 11.1. The zero-order valence-corrected chi connectivity index (χ0v) is 19.7. The Labute approximate surface area is 192 Å². The molecule has 1 atom stereocenters. The second-order valence-corrected chi connectivity index (χ2v) is 9.35. The number of ether oxygens (including phenoxy) is 1. The number of carbonyl (C=O) groups excluding carboxylic acids is 1. The molecule has 3 heterocycles. The summed E-state index contributed by atoms with van der Waals surface area (Å²) in [6.07, 6.45) is 4.42. The molecule has 1 saturated heterocycles. The number of hydrogen-bond donors (Lipinski definition) is 1. The zero-order chi connectivity index (χ0) is 22.7. The van der Waals surface area contributed by atoms with Crippen LogP contribution in [-0.4, -0.2) is 65.3 Å². The number of piperidine rings is 1. The standard InChI is InChI=1S/C24H30N4O3S/c1-16-7-9-19(10-8-16)31-13-12-27(3)22-20-17(2)21(32-23(20)26-15-25-22)24(30)28-11-5-4-6-18(28)14-29/h7-10,15,18,29H,4-6,11-14H2,1-3H3/t18-/m1/s1. The first-order chi connectivity index (χ1) is 15.5. The zero-order valence-electron chi connectivity index (χ0n) is 18.9. The first-order valence-corrected chi connectivity index (χ1v) is 11.9. The highest BCUT2D eigenvalue weighted by atomic mass is 32.1. The first kappa shape index (κ1) is 22.5. The minimum Gasteiger partial charge on any atom is -0.492 e. The second kappa shape index (κ2) is 9.83. The van der Waals surface area contributed by atoms with Crippen LogP contribution in [0.2, 0.25) is 0 Å². The summed E-state index contributed by atoms with van der Waals surface area (Å²) in [6, 6.07) is 7.90. The Kier molecular flexibility index (Phi) is 6.91. The molecule has 0 saturated carbocycles. The number of hydrogen-bond acceptors (Lipinski definition) is 7. The van der Waals surface area contributed by atoms with Crippen molar-refractivity contribution in [3.05, 3.63) is 46.6 Å². The van der Waals surface area contributed by atoms with Gasteiger partial charge < -0.3 is 19.6 Å². The van der Waals surface area contributed by atoms with Gasteiger partial charge in [-0.1, -0.05) is 17.7 Å². The number of nitrogens with zero attached hydrogens (tertiary/aromatic N) is 4. The number of likely N-dealkylation sites (N-methyl/N-ethyl adjacent to an activating group) is 1. The molecule has 8 heteroatoms. The van der Waals surface area contributed by atoms with Crippen LogP contribution in [0.25, 0.3) is 10.2 Å². The molecule has 1 aliphatic rings. The van der Waals surface area contributed by atoms with Crippen molar-refractivity contribution in [3.63, 3.8) is 0 Å². The van der Waals surface area contributed by atoms with Crippen LogP contribution in [0.3, 0.4) is 0 Å². The van der Waals surface area contributed by atoms with Gasteiger partial charge in [0.05, 0.1) is 29.5 Å². The van der Waals surface area contributed by atoms with E-state index in [1.165, 1.54) is 16.9 Å². The maximum absolute atomic E-state index is 13.3. The molecule has 0 unspecified atom stereocenters. The van der Waals surface area contributed by atoms with E-state index in [0.717, 1.165) is 46.6 Å². The number of aromatic nitrogens is 2. The quantitative estimate of drug-likeness (QED) is 0.585. The van der Waals surface area contributed by atoms with E-state index in [9.17, 15) is 9.90 Å². The molecule has 1 aliphatic heterocycles. The molecule has 170 valence electrons. The van der Waals surface area contributed by atoms with Crippen molar-refractivity contribution in [1.82, 2.24) is 14.9 Å². The summed E-state index contributed by atoms with van der Waals surface area (Å²) in [6.45, 7) is 5.88. The SMILES string of the molecule is Cc1ccc(OCCN(C)c2ncnc3sc(C(=O)N4CCCC[C@@H]4CO)c(C)c23)cc1. The van der Waals surface area contributed by atoms with Crippen LogP contribution in [-0.2, 0) is 0 Å². The van der Waals surface area contributed by atoms with E-state index in [0.29, 0.717) is 24.6 Å². The largest absolute Gasteiger partial charge is 0.492 e. The molecule has 2 aromatic heterocycles. The summed E-state index contributed by atoms with van der Waals surface area (Å²) >= 11 is 1.41. The normalized spacial score (nSPS) is 16.4. The van der Waals surface area contributed by atoms with Crippen LogP contribution in [0.15, 0.2) is 30.6 Å². The fourth-order valence-corrected chi connectivity index (χ4v) is 5.27. The van der Waals surface area contributed by atoms with Crippen molar-refractivity contribution in [2.24, 2.45) is 0 Å². The third kappa shape index (κ3) is 4.56. The highest BCUT2D eigenvalue weighted by molar-refractivity contribution is 7.20. The number of amides is 1. The van der Waals surface area contributed by atoms with Gasteiger partial charge in [0.2, 0.25) is 0 Å². The van der Waals surface area contributed by atoms with Gasteiger partial charge in [-0.15, -0.1) is 11.3 Å². The Morgan fingerprint density at radius 2 is 2.03 bits per heavy atom. The van der Waals surface area contributed by atoms with E-state index in [-0.39, 0.29) is 18.6 Å². The lowest BCUT2D eigenvalue weighted by Crippen LogP contribution is -2.45. The molecule has 3 aromatic rings. The van der Waals surface area contributed by atoms with E-state index >= 15 is 0 Å². The van der Waals surface area contributed by atoms with Gasteiger partial charge in [0.1, 0.15) is 29.3 Å². The number of benzene rings is 1. The van der Waals surface area contributed by atoms with Crippen LogP contribution in [0.5, 0.6) is 5.75 Å². The van der Waals surface area contributed by atoms with E-state index in [4.69, 9.17) is 4.74 Å². The highest BCUT2D eigenvalue weighted by Gasteiger charge is 2.30. The van der Waals surface area contributed by atoms with Crippen LogP contribution < -0.4 is 9.64 Å². The number of fused-ring (bicyclic) bond motifs is 1. The van der Waals surface area contributed by atoms with Crippen molar-refractivity contribution >= 4 is 33.3 Å². The van der Waals surface area contributed by atoms with Crippen LogP contribution in [0.4, 0.5) is 5.82 Å². The summed E-state index contributed by atoms with van der Waals surface area (Å²) in [5, 5.41) is 10.6. The Balaban J connectivity index is 1.53. The van der Waals surface area contributed by atoms with Gasteiger partial charge >= 0.3 is 0 Å². The minimum absolute atomic E-state index is 0.00442. The minimum atomic E-state index is -0.104. The van der Waals surface area contributed by atoms with Gasteiger partial charge in [-0.05, 0) is 50.8 Å². The van der Waals surface area contributed by atoms with Crippen molar-refractivity contribution in [1.29, 1.82) is 0 Å². The van der Waals surface area contributed by atoms with Gasteiger partial charge in [0.15, 0.2) is 0 Å². The lowest BCUT2D eigenvalue weighted by Gasteiger charge is -2.34. The van der Waals surface area contributed by atoms with E-state index in [1.807, 2.05) is 48.0 Å². The average Bonchev–Trinajstić information content (AvgIpc) is 3.16. The predicted molar refractivity (Wildman–Crippen MR) is 128 cm³/mol. The number of thiophene rings is 1. The molecule has 1 N–H and O–H groups in total. The number of likely N-dealkylation sites (tertiary alicyclic amines) is 1. The summed E-state index contributed by atoms with van der Waals surface area (Å²) in [7, 11) is 1.98. The van der Waals surface area contributed by atoms with E-state index in [2.05, 4.69) is 16.9 Å². The van der Waals surface area contributed by atoms with Crippen LogP contribution in [0, 0.1) is 13.8 Å². The van der Waals surface area contributed by atoms with Gasteiger partial charge in [0, 0.05) is 13.6 Å². The smallest absolute Gasteiger partial charge is 0.264 e. The Morgan fingerprint density at radius 1 is 1.25 bits per heavy atom.